The summed E-state index contributed by atoms with van der Waals surface area (Å²) >= 11 is 17.8. The highest BCUT2D eigenvalue weighted by molar-refractivity contribution is 7.80. The van der Waals surface area contributed by atoms with Crippen molar-refractivity contribution < 1.29 is 0 Å². The molecule has 0 spiro atoms. The number of benzene rings is 1. The van der Waals surface area contributed by atoms with E-state index in [1.165, 1.54) is 0 Å². The van der Waals surface area contributed by atoms with Gasteiger partial charge in [0.15, 0.2) is 10.9 Å². The van der Waals surface area contributed by atoms with Gasteiger partial charge in [-0.15, -0.1) is 0 Å². The van der Waals surface area contributed by atoms with Gasteiger partial charge in [0.05, 0.1) is 12.7 Å². The Balaban J connectivity index is 1.57. The number of nitrogens with zero attached hydrogens (tertiary/aromatic N) is 4. The molecule has 27 heavy (non-hydrogen) atoms. The minimum Gasteiger partial charge on any atom is -0.358 e. The van der Waals surface area contributed by atoms with Gasteiger partial charge in [0.1, 0.15) is 0 Å². The average molecular weight is 423 g/mol. The van der Waals surface area contributed by atoms with Crippen LogP contribution in [0.15, 0.2) is 36.7 Å². The summed E-state index contributed by atoms with van der Waals surface area (Å²) in [5.41, 5.74) is 3.08. The first-order chi connectivity index (χ1) is 13.0. The van der Waals surface area contributed by atoms with Crippen molar-refractivity contribution in [3.05, 3.63) is 63.5 Å². The van der Waals surface area contributed by atoms with Crippen LogP contribution in [0, 0.1) is 6.92 Å². The third-order valence-electron chi connectivity index (χ3n) is 4.21. The summed E-state index contributed by atoms with van der Waals surface area (Å²) in [4.78, 5) is 0. The normalized spacial score (nSPS) is 10.8. The zero-order valence-corrected chi connectivity index (χ0v) is 17.4. The minimum atomic E-state index is 0.482. The van der Waals surface area contributed by atoms with Gasteiger partial charge in [-0.3, -0.25) is 9.36 Å². The molecule has 3 aromatic rings. The molecule has 0 unspecified atom stereocenters. The summed E-state index contributed by atoms with van der Waals surface area (Å²) < 4.78 is 3.71. The van der Waals surface area contributed by atoms with E-state index in [0.29, 0.717) is 34.1 Å². The lowest BCUT2D eigenvalue weighted by molar-refractivity contribution is 0.638. The fourth-order valence-electron chi connectivity index (χ4n) is 2.68. The number of hydrogen-bond donors (Lipinski definition) is 2. The minimum absolute atomic E-state index is 0.482. The molecule has 9 heteroatoms. The van der Waals surface area contributed by atoms with Crippen molar-refractivity contribution >= 4 is 46.4 Å². The molecule has 0 atom stereocenters. The van der Waals surface area contributed by atoms with Crippen molar-refractivity contribution in [1.82, 2.24) is 24.9 Å². The molecule has 142 valence electrons. The van der Waals surface area contributed by atoms with Crippen LogP contribution >= 0.6 is 35.4 Å². The number of rotatable bonds is 6. The van der Waals surface area contributed by atoms with Gasteiger partial charge in [0.25, 0.3) is 0 Å². The van der Waals surface area contributed by atoms with Gasteiger partial charge >= 0.3 is 0 Å². The highest BCUT2D eigenvalue weighted by Gasteiger charge is 2.09. The monoisotopic (exact) mass is 422 g/mol. The largest absolute Gasteiger partial charge is 0.358 e. The van der Waals surface area contributed by atoms with E-state index in [0.717, 1.165) is 23.4 Å². The molecule has 0 saturated carbocycles. The number of aromatic nitrogens is 4. The molecular weight excluding hydrogens is 403 g/mol. The van der Waals surface area contributed by atoms with Crippen LogP contribution in [0.1, 0.15) is 23.7 Å². The summed E-state index contributed by atoms with van der Waals surface area (Å²) in [6, 6.07) is 7.29. The second kappa shape index (κ2) is 8.73. The van der Waals surface area contributed by atoms with E-state index in [9.17, 15) is 0 Å². The topological polar surface area (TPSA) is 59.7 Å². The van der Waals surface area contributed by atoms with Crippen LogP contribution in [-0.4, -0.2) is 24.7 Å². The van der Waals surface area contributed by atoms with Gasteiger partial charge < -0.3 is 10.6 Å². The highest BCUT2D eigenvalue weighted by Crippen LogP contribution is 2.25. The Morgan fingerprint density at radius 1 is 1.22 bits per heavy atom. The molecule has 2 heterocycles. The van der Waals surface area contributed by atoms with Gasteiger partial charge in [-0.2, -0.15) is 10.2 Å². The number of anilines is 1. The number of thiocarbonyl (C=S) groups is 1. The Hall–Kier alpha value is -2.09. The molecule has 0 aliphatic rings. The molecule has 0 saturated heterocycles. The number of halogens is 2. The summed E-state index contributed by atoms with van der Waals surface area (Å²) in [6.45, 7) is 6.05. The highest BCUT2D eigenvalue weighted by atomic mass is 35.5. The molecule has 0 radical (unpaired) electrons. The number of aryl methyl sites for hydroxylation is 1. The van der Waals surface area contributed by atoms with Crippen molar-refractivity contribution in [2.75, 3.05) is 5.32 Å². The Kier molecular flexibility index (Phi) is 6.36. The van der Waals surface area contributed by atoms with Crippen molar-refractivity contribution in [3.63, 3.8) is 0 Å². The smallest absolute Gasteiger partial charge is 0.172 e. The maximum absolute atomic E-state index is 6.22. The Morgan fingerprint density at radius 3 is 2.63 bits per heavy atom. The SMILES string of the molecule is CCn1ncc(CNC(=S)Nc2ccn(Cc3c(Cl)cccc3Cl)n2)c1C. The zero-order chi connectivity index (χ0) is 19.4. The van der Waals surface area contributed by atoms with Gasteiger partial charge in [0, 0.05) is 52.2 Å². The van der Waals surface area contributed by atoms with Gasteiger partial charge in [-0.05, 0) is 38.2 Å². The zero-order valence-electron chi connectivity index (χ0n) is 15.0. The first-order valence-electron chi connectivity index (χ1n) is 8.50. The first kappa shape index (κ1) is 19.7. The second-order valence-electron chi connectivity index (χ2n) is 5.98. The van der Waals surface area contributed by atoms with Gasteiger partial charge in [-0.1, -0.05) is 29.3 Å². The van der Waals surface area contributed by atoms with Crippen molar-refractivity contribution in [1.29, 1.82) is 0 Å². The summed E-state index contributed by atoms with van der Waals surface area (Å²) in [5.74, 6) is 0.650. The molecule has 1 aromatic carbocycles. The standard InChI is InChI=1S/C18H20Cl2N6S/c1-3-26-12(2)13(10-22-26)9-21-18(27)23-17-7-8-25(24-17)11-14-15(19)5-4-6-16(14)20/h4-8,10H,3,9,11H2,1-2H3,(H2,21,23,24,27). The quantitative estimate of drug-likeness (QED) is 0.581. The van der Waals surface area contributed by atoms with Crippen molar-refractivity contribution in [2.45, 2.75) is 33.5 Å². The van der Waals surface area contributed by atoms with Crippen LogP contribution < -0.4 is 10.6 Å². The second-order valence-corrected chi connectivity index (χ2v) is 7.20. The lowest BCUT2D eigenvalue weighted by atomic mass is 10.2. The number of hydrogen-bond acceptors (Lipinski definition) is 3. The van der Waals surface area contributed by atoms with E-state index < -0.39 is 0 Å². The van der Waals surface area contributed by atoms with Crippen molar-refractivity contribution in [3.8, 4) is 0 Å². The van der Waals surface area contributed by atoms with Crippen LogP contribution in [0.3, 0.4) is 0 Å². The van der Waals surface area contributed by atoms with Crippen LogP contribution in [0.2, 0.25) is 10.0 Å². The predicted octanol–water partition coefficient (Wildman–Crippen LogP) is 4.25. The third-order valence-corrected chi connectivity index (χ3v) is 5.16. The Labute approximate surface area is 173 Å². The number of nitrogens with one attached hydrogen (secondary N) is 2. The van der Waals surface area contributed by atoms with Gasteiger partial charge in [-0.25, -0.2) is 0 Å². The fraction of sp³-hybridized carbons (Fsp3) is 0.278. The Bertz CT molecular complexity index is 929. The van der Waals surface area contributed by atoms with E-state index in [1.807, 2.05) is 48.3 Å². The Morgan fingerprint density at radius 2 is 1.96 bits per heavy atom. The first-order valence-corrected chi connectivity index (χ1v) is 9.66. The molecule has 0 aliphatic heterocycles. The van der Waals surface area contributed by atoms with E-state index in [-0.39, 0.29) is 0 Å². The maximum atomic E-state index is 6.22. The van der Waals surface area contributed by atoms with E-state index >= 15 is 0 Å². The van der Waals surface area contributed by atoms with E-state index in [1.54, 1.807) is 4.68 Å². The predicted molar refractivity (Wildman–Crippen MR) is 113 cm³/mol. The molecule has 3 rings (SSSR count). The molecule has 0 amide bonds. The molecule has 6 nitrogen and oxygen atoms in total. The lowest BCUT2D eigenvalue weighted by Gasteiger charge is -2.09. The van der Waals surface area contributed by atoms with Crippen LogP contribution in [0.5, 0.6) is 0 Å². The van der Waals surface area contributed by atoms with E-state index in [4.69, 9.17) is 35.4 Å². The molecule has 2 aromatic heterocycles. The average Bonchev–Trinajstić information content (AvgIpc) is 3.22. The van der Waals surface area contributed by atoms with Crippen LogP contribution in [-0.2, 0) is 19.6 Å². The van der Waals surface area contributed by atoms with Gasteiger partial charge in [0.2, 0.25) is 0 Å². The maximum Gasteiger partial charge on any atom is 0.172 e. The lowest BCUT2D eigenvalue weighted by Crippen LogP contribution is -2.28. The summed E-state index contributed by atoms with van der Waals surface area (Å²) in [5, 5.41) is 16.8. The summed E-state index contributed by atoms with van der Waals surface area (Å²) in [6.07, 6.45) is 3.70. The summed E-state index contributed by atoms with van der Waals surface area (Å²) in [7, 11) is 0. The molecule has 0 bridgehead atoms. The van der Waals surface area contributed by atoms with Crippen LogP contribution in [0.25, 0.3) is 0 Å². The fourth-order valence-corrected chi connectivity index (χ4v) is 3.37. The molecule has 0 fully saturated rings. The third kappa shape index (κ3) is 4.80. The van der Waals surface area contributed by atoms with Crippen molar-refractivity contribution in [2.24, 2.45) is 0 Å². The molecule has 0 aliphatic carbocycles. The van der Waals surface area contributed by atoms with E-state index in [2.05, 4.69) is 27.8 Å². The molecule has 2 N–H and O–H groups in total. The molecular formula is C18H20Cl2N6S. The van der Waals surface area contributed by atoms with Crippen LogP contribution in [0.4, 0.5) is 5.82 Å².